The van der Waals surface area contributed by atoms with Crippen molar-refractivity contribution >= 4 is 66.4 Å². The van der Waals surface area contributed by atoms with E-state index in [0.29, 0.717) is 4.47 Å². The zero-order chi connectivity index (χ0) is 28.6. The van der Waals surface area contributed by atoms with Crippen LogP contribution in [0.3, 0.4) is 0 Å². The first kappa shape index (κ1) is 29.7. The Bertz CT molecular complexity index is 1500. The molecule has 4 aromatic carbocycles. The Morgan fingerprint density at radius 2 is 1.20 bits per heavy atom. The largest absolute Gasteiger partial charge is 0.469 e. The van der Waals surface area contributed by atoms with Crippen molar-refractivity contribution in [2.45, 2.75) is 23.8 Å². The zero-order valence-corrected chi connectivity index (χ0v) is 25.0. The number of carbonyl (C=O) groups is 2. The average Bonchev–Trinajstić information content (AvgIpc) is 2.97. The van der Waals surface area contributed by atoms with Gasteiger partial charge in [0.15, 0.2) is 5.78 Å². The maximum atomic E-state index is 13.9. The zero-order valence-electron chi connectivity index (χ0n) is 21.7. The van der Waals surface area contributed by atoms with Crippen LogP contribution < -0.4 is 15.9 Å². The molecule has 0 bridgehead atoms. The van der Waals surface area contributed by atoms with Crippen LogP contribution in [0.5, 0.6) is 0 Å². The Balaban J connectivity index is 1.80. The summed E-state index contributed by atoms with van der Waals surface area (Å²) in [5.41, 5.74) is 0. The molecule has 0 N–H and O–H groups in total. The van der Waals surface area contributed by atoms with Gasteiger partial charge in [0.2, 0.25) is 0 Å². The first-order valence-corrected chi connectivity index (χ1v) is 16.5. The summed E-state index contributed by atoms with van der Waals surface area (Å²) in [4.78, 5) is 26.0. The summed E-state index contributed by atoms with van der Waals surface area (Å²) in [5, 5.41) is 2.90. The van der Waals surface area contributed by atoms with Crippen LogP contribution in [0.15, 0.2) is 125 Å². The summed E-state index contributed by atoms with van der Waals surface area (Å²) in [6.07, 6.45) is -1.99. The summed E-state index contributed by atoms with van der Waals surface area (Å²) >= 11 is 3.28. The van der Waals surface area contributed by atoms with E-state index in [4.69, 9.17) is 8.92 Å². The molecule has 0 aromatic heterocycles. The van der Waals surface area contributed by atoms with E-state index in [9.17, 15) is 18.0 Å². The van der Waals surface area contributed by atoms with Gasteiger partial charge in [0, 0.05) is 10.9 Å². The van der Waals surface area contributed by atoms with E-state index >= 15 is 0 Å². The molecule has 4 rings (SSSR count). The van der Waals surface area contributed by atoms with Gasteiger partial charge in [0.1, 0.15) is 0 Å². The third kappa shape index (κ3) is 7.07. The second-order valence-electron chi connectivity index (χ2n) is 8.94. The first-order chi connectivity index (χ1) is 19.2. The van der Waals surface area contributed by atoms with Gasteiger partial charge in [-0.05, 0) is 52.9 Å². The number of ether oxygens (including phenoxy) is 1. The second kappa shape index (κ2) is 13.4. The van der Waals surface area contributed by atoms with Crippen molar-refractivity contribution in [3.63, 3.8) is 0 Å². The summed E-state index contributed by atoms with van der Waals surface area (Å²) in [7, 11) is -3.06. The van der Waals surface area contributed by atoms with Crippen LogP contribution in [0.4, 0.5) is 0 Å². The highest BCUT2D eigenvalue weighted by molar-refractivity contribution is 9.10. The van der Waals surface area contributed by atoms with Gasteiger partial charge in [0.25, 0.3) is 10.1 Å². The lowest BCUT2D eigenvalue weighted by Crippen LogP contribution is -2.30. The van der Waals surface area contributed by atoms with E-state index in [2.05, 4.69) is 15.9 Å². The SMILES string of the molecule is COC(=O)C[C@@H](CC(=O)C=P(c1ccccc1)(c1ccccc1)c1ccccc1)OS(=O)(=O)c1ccc(Br)cc1. The smallest absolute Gasteiger partial charge is 0.308 e. The highest BCUT2D eigenvalue weighted by Gasteiger charge is 2.30. The molecule has 0 aliphatic heterocycles. The Hall–Kier alpha value is -3.29. The van der Waals surface area contributed by atoms with Crippen molar-refractivity contribution in [3.8, 4) is 0 Å². The number of Topliss-reactive ketones (excluding diaryl/α,β-unsaturated/α-hetero) is 1. The lowest BCUT2D eigenvalue weighted by molar-refractivity contribution is -0.142. The molecule has 0 saturated heterocycles. The molecule has 0 aliphatic rings. The van der Waals surface area contributed by atoms with Gasteiger partial charge in [-0.3, -0.25) is 13.8 Å². The number of methoxy groups -OCH3 is 1. The van der Waals surface area contributed by atoms with E-state index in [1.54, 1.807) is 17.9 Å². The fourth-order valence-corrected chi connectivity index (χ4v) is 9.54. The molecule has 0 heterocycles. The standard InChI is InChI=1S/C31H28BrO6PS/c1-37-31(34)22-26(38-40(35,36)30-19-17-24(32)18-20-30)21-25(33)23-39(27-11-5-2-6-12-27,28-13-7-3-8-14-28)29-15-9-4-10-16-29/h2-20,23,26H,21-22H2,1H3/t26-/m1/s1. The Morgan fingerprint density at radius 3 is 1.62 bits per heavy atom. The second-order valence-corrected chi connectivity index (χ2v) is 14.7. The predicted molar refractivity (Wildman–Crippen MR) is 164 cm³/mol. The molecule has 0 amide bonds. The van der Waals surface area contributed by atoms with Crippen molar-refractivity contribution in [1.29, 1.82) is 0 Å². The topological polar surface area (TPSA) is 86.7 Å². The Labute approximate surface area is 243 Å². The molecule has 0 saturated carbocycles. The summed E-state index contributed by atoms with van der Waals surface area (Å²) < 4.78 is 37.0. The highest BCUT2D eigenvalue weighted by atomic mass is 79.9. The molecule has 206 valence electrons. The van der Waals surface area contributed by atoms with E-state index in [1.807, 2.05) is 91.0 Å². The minimum absolute atomic E-state index is 0.0818. The van der Waals surface area contributed by atoms with Crippen LogP contribution in [-0.4, -0.2) is 39.2 Å². The van der Waals surface area contributed by atoms with Crippen LogP contribution in [-0.2, 0) is 28.6 Å². The van der Waals surface area contributed by atoms with Crippen LogP contribution in [0.2, 0.25) is 0 Å². The van der Waals surface area contributed by atoms with Gasteiger partial charge >= 0.3 is 5.97 Å². The van der Waals surface area contributed by atoms with Crippen molar-refractivity contribution in [2.24, 2.45) is 0 Å². The molecule has 40 heavy (non-hydrogen) atoms. The van der Waals surface area contributed by atoms with E-state index in [-0.39, 0.29) is 17.1 Å². The number of rotatable bonds is 11. The highest BCUT2D eigenvalue weighted by Crippen LogP contribution is 2.43. The van der Waals surface area contributed by atoms with E-state index in [1.165, 1.54) is 19.2 Å². The Morgan fingerprint density at radius 1 is 0.750 bits per heavy atom. The van der Waals surface area contributed by atoms with Crippen LogP contribution in [0.1, 0.15) is 12.8 Å². The third-order valence-electron chi connectivity index (χ3n) is 6.24. The molecule has 6 nitrogen and oxygen atoms in total. The normalized spacial score (nSPS) is 12.3. The molecular formula is C31H28BrO6PS. The van der Waals surface area contributed by atoms with Gasteiger partial charge in [-0.15, -0.1) is 0 Å². The molecule has 0 fully saturated rings. The number of benzene rings is 4. The van der Waals surface area contributed by atoms with Gasteiger partial charge in [-0.25, -0.2) is 0 Å². The molecule has 0 unspecified atom stereocenters. The van der Waals surface area contributed by atoms with Gasteiger partial charge in [-0.1, -0.05) is 107 Å². The number of carbonyl (C=O) groups excluding carboxylic acids is 2. The molecular weight excluding hydrogens is 611 g/mol. The molecule has 9 heteroatoms. The molecule has 1 atom stereocenters. The fourth-order valence-electron chi connectivity index (χ4n) is 4.40. The van der Waals surface area contributed by atoms with Crippen LogP contribution in [0, 0.1) is 0 Å². The van der Waals surface area contributed by atoms with E-state index in [0.717, 1.165) is 15.9 Å². The lowest BCUT2D eigenvalue weighted by atomic mass is 10.1. The summed E-state index contributed by atoms with van der Waals surface area (Å²) in [6.45, 7) is -2.62. The van der Waals surface area contributed by atoms with E-state index < -0.39 is 35.5 Å². The lowest BCUT2D eigenvalue weighted by Gasteiger charge is -2.28. The Kier molecular flexibility index (Phi) is 9.93. The van der Waals surface area contributed by atoms with Crippen molar-refractivity contribution in [1.82, 2.24) is 0 Å². The summed E-state index contributed by atoms with van der Waals surface area (Å²) in [6, 6.07) is 35.3. The molecule has 4 aromatic rings. The number of hydrogen-bond donors (Lipinski definition) is 0. The van der Waals surface area contributed by atoms with Gasteiger partial charge < -0.3 is 4.74 Å². The number of ketones is 1. The first-order valence-electron chi connectivity index (χ1n) is 12.4. The number of hydrogen-bond acceptors (Lipinski definition) is 6. The van der Waals surface area contributed by atoms with Gasteiger partial charge in [0.05, 0.1) is 24.5 Å². The van der Waals surface area contributed by atoms with Crippen molar-refractivity contribution in [3.05, 3.63) is 120 Å². The maximum absolute atomic E-state index is 13.9. The molecule has 0 spiro atoms. The van der Waals surface area contributed by atoms with Crippen LogP contribution in [0.25, 0.3) is 0 Å². The summed E-state index contributed by atoms with van der Waals surface area (Å²) in [5.74, 6) is 0.677. The molecule has 0 aliphatic carbocycles. The fraction of sp³-hybridized carbons (Fsp3) is 0.129. The average molecular weight is 640 g/mol. The minimum atomic E-state index is -4.26. The third-order valence-corrected chi connectivity index (χ3v) is 12.2. The number of halogens is 1. The van der Waals surface area contributed by atoms with Gasteiger partial charge in [-0.2, -0.15) is 8.42 Å². The molecule has 0 radical (unpaired) electrons. The van der Waals surface area contributed by atoms with Crippen molar-refractivity contribution in [2.75, 3.05) is 7.11 Å². The maximum Gasteiger partial charge on any atom is 0.308 e. The van der Waals surface area contributed by atoms with Crippen molar-refractivity contribution < 1.29 is 26.9 Å². The minimum Gasteiger partial charge on any atom is -0.469 e. The number of esters is 1. The predicted octanol–water partition coefficient (Wildman–Crippen LogP) is 4.84. The quantitative estimate of drug-likeness (QED) is 0.133. The monoisotopic (exact) mass is 638 g/mol. The van der Waals surface area contributed by atoms with Crippen LogP contribution >= 0.6 is 22.8 Å².